The van der Waals surface area contributed by atoms with E-state index >= 15 is 0 Å². The van der Waals surface area contributed by atoms with Crippen molar-refractivity contribution in [3.05, 3.63) is 48.9 Å². The Bertz CT molecular complexity index is 326. The van der Waals surface area contributed by atoms with E-state index < -0.39 is 6.10 Å². The van der Waals surface area contributed by atoms with Gasteiger partial charge in [0.1, 0.15) is 5.75 Å². The van der Waals surface area contributed by atoms with Crippen LogP contribution >= 0.6 is 0 Å². The fourth-order valence-corrected chi connectivity index (χ4v) is 0.795. The molecule has 1 N–H and O–H groups in total. The Morgan fingerprint density at radius 3 is 2.20 bits per heavy atom. The van der Waals surface area contributed by atoms with Crippen LogP contribution in [0, 0.1) is 6.42 Å². The van der Waals surface area contributed by atoms with E-state index in [-0.39, 0.29) is 32.7 Å². The molecule has 1 rings (SSSR count). The van der Waals surface area contributed by atoms with Crippen molar-refractivity contribution >= 4 is 6.29 Å². The fraction of sp³-hybridized carbons (Fsp3) is 0.375. The Balaban J connectivity index is -0.000000310. The number of para-hydroxylation sites is 1. The molecule has 4 heteroatoms. The molecule has 0 amide bonds. The molecule has 1 radical (unpaired) electrons. The third-order valence-electron chi connectivity index (χ3n) is 1.72. The van der Waals surface area contributed by atoms with Crippen molar-refractivity contribution in [2.45, 2.75) is 33.8 Å². The van der Waals surface area contributed by atoms with Gasteiger partial charge in [-0.25, -0.2) is 6.58 Å². The topological polar surface area (TPSA) is 46.5 Å². The minimum atomic E-state index is -0.481. The van der Waals surface area contributed by atoms with Crippen molar-refractivity contribution in [1.29, 1.82) is 0 Å². The fourth-order valence-electron chi connectivity index (χ4n) is 0.795. The zero-order valence-electron chi connectivity index (χ0n) is 12.8. The van der Waals surface area contributed by atoms with E-state index in [1.54, 1.807) is 26.6 Å². The first-order valence-electron chi connectivity index (χ1n) is 6.29. The van der Waals surface area contributed by atoms with Gasteiger partial charge >= 0.3 is 0 Å². The zero-order chi connectivity index (χ0) is 15.1. The second kappa shape index (κ2) is 18.5. The van der Waals surface area contributed by atoms with E-state index in [0.717, 1.165) is 5.75 Å². The maximum absolute atomic E-state index is 9.28. The minimum absolute atomic E-state index is 0. The summed E-state index contributed by atoms with van der Waals surface area (Å²) in [5.74, 6) is 0.790. The van der Waals surface area contributed by atoms with Gasteiger partial charge in [0, 0.05) is 32.7 Å². The summed E-state index contributed by atoms with van der Waals surface area (Å²) in [4.78, 5) is 9.28. The Labute approximate surface area is 148 Å². The summed E-state index contributed by atoms with van der Waals surface area (Å²) in [6, 6.07) is 9.45. The monoisotopic (exact) mass is 353 g/mol. The molecule has 0 aromatic heterocycles. The Morgan fingerprint density at radius 1 is 1.40 bits per heavy atom. The first kappa shape index (κ1) is 24.5. The maximum Gasteiger partial charge on any atom is 0.119 e. The van der Waals surface area contributed by atoms with Crippen molar-refractivity contribution < 1.29 is 47.3 Å². The molecular weight excluding hydrogens is 329 g/mol. The molecule has 1 unspecified atom stereocenters. The standard InChI is InChI=1S/C10H13O2.C4H5O.C2H6.Y/c1-2-9(11)8-12-10-6-4-3-5-7-10;1-4(2)3-5;1-2;/h2-7,9,11H,8H2,1H3;1H2,2H3;1-2H3;/q2*-1;;. The molecule has 3 nitrogen and oxygen atoms in total. The molecule has 0 fully saturated rings. The third-order valence-corrected chi connectivity index (χ3v) is 1.72. The molecule has 0 heterocycles. The SMILES string of the molecule is C=C(C)[C-]=O.CC.C[CH-]C(O)COc1ccccc1.[Y]. The van der Waals surface area contributed by atoms with Gasteiger partial charge in [-0.1, -0.05) is 39.0 Å². The molecule has 0 aliphatic carbocycles. The van der Waals surface area contributed by atoms with Gasteiger partial charge < -0.3 is 21.1 Å². The van der Waals surface area contributed by atoms with E-state index in [9.17, 15) is 4.79 Å². The summed E-state index contributed by atoms with van der Waals surface area (Å²) in [6.07, 6.45) is 2.80. The molecule has 111 valence electrons. The van der Waals surface area contributed by atoms with E-state index in [0.29, 0.717) is 12.2 Å². The Kier molecular flexibility index (Phi) is 22.7. The number of carbonyl (C=O) groups excluding carboxylic acids is 1. The molecule has 0 saturated heterocycles. The van der Waals surface area contributed by atoms with Crippen LogP contribution in [0.1, 0.15) is 27.7 Å². The van der Waals surface area contributed by atoms with Gasteiger partial charge in [0.2, 0.25) is 0 Å². The number of allylic oxidation sites excluding steroid dienone is 1. The first-order chi connectivity index (χ1) is 9.10. The van der Waals surface area contributed by atoms with Crippen molar-refractivity contribution in [2.75, 3.05) is 6.61 Å². The molecular formula is C16H24O3Y-2. The van der Waals surface area contributed by atoms with E-state index in [4.69, 9.17) is 9.84 Å². The molecule has 0 spiro atoms. The molecule has 0 saturated carbocycles. The number of aliphatic hydroxyl groups excluding tert-OH is 1. The average Bonchev–Trinajstić information content (AvgIpc) is 2.48. The summed E-state index contributed by atoms with van der Waals surface area (Å²) < 4.78 is 5.28. The molecule has 0 aliphatic heterocycles. The van der Waals surface area contributed by atoms with Gasteiger partial charge in [-0.3, -0.25) is 0 Å². The molecule has 0 aliphatic rings. The number of benzene rings is 1. The van der Waals surface area contributed by atoms with Crippen molar-refractivity contribution in [3.63, 3.8) is 0 Å². The van der Waals surface area contributed by atoms with Gasteiger partial charge in [0.05, 0.1) is 6.61 Å². The van der Waals surface area contributed by atoms with Crippen LogP contribution in [0.25, 0.3) is 0 Å². The number of aliphatic hydroxyl groups is 1. The van der Waals surface area contributed by atoms with Gasteiger partial charge in [-0.05, 0) is 24.5 Å². The zero-order valence-corrected chi connectivity index (χ0v) is 15.6. The summed E-state index contributed by atoms with van der Waals surface area (Å²) >= 11 is 0. The average molecular weight is 353 g/mol. The second-order valence-electron chi connectivity index (χ2n) is 3.41. The van der Waals surface area contributed by atoms with Gasteiger partial charge in [0.25, 0.3) is 0 Å². The summed E-state index contributed by atoms with van der Waals surface area (Å²) in [7, 11) is 0. The smallest absolute Gasteiger partial charge is 0.119 e. The van der Waals surface area contributed by atoms with Crippen LogP contribution in [0.3, 0.4) is 0 Å². The van der Waals surface area contributed by atoms with E-state index in [2.05, 4.69) is 6.58 Å². The summed E-state index contributed by atoms with van der Waals surface area (Å²) in [5, 5.41) is 9.14. The molecule has 20 heavy (non-hydrogen) atoms. The van der Waals surface area contributed by atoms with Gasteiger partial charge in [-0.2, -0.15) is 12.5 Å². The third kappa shape index (κ3) is 17.5. The molecule has 1 aromatic rings. The predicted octanol–water partition coefficient (Wildman–Crippen LogP) is 3.35. The van der Waals surface area contributed by atoms with Crippen LogP contribution in [-0.4, -0.2) is 24.1 Å². The van der Waals surface area contributed by atoms with E-state index in [1.807, 2.05) is 44.2 Å². The van der Waals surface area contributed by atoms with Crippen molar-refractivity contribution in [2.24, 2.45) is 0 Å². The van der Waals surface area contributed by atoms with Crippen LogP contribution in [0.4, 0.5) is 0 Å². The molecule has 1 aromatic carbocycles. The second-order valence-corrected chi connectivity index (χ2v) is 3.41. The van der Waals surface area contributed by atoms with E-state index in [1.165, 1.54) is 0 Å². The minimum Gasteiger partial charge on any atom is -0.494 e. The van der Waals surface area contributed by atoms with Crippen LogP contribution in [-0.2, 0) is 37.5 Å². The predicted molar refractivity (Wildman–Crippen MR) is 79.8 cm³/mol. The first-order valence-corrected chi connectivity index (χ1v) is 6.29. The molecule has 1 atom stereocenters. The van der Waals surface area contributed by atoms with Crippen LogP contribution in [0.2, 0.25) is 0 Å². The molecule has 0 bridgehead atoms. The van der Waals surface area contributed by atoms with Crippen LogP contribution in [0.15, 0.2) is 42.5 Å². The number of ether oxygens (including phenoxy) is 1. The Morgan fingerprint density at radius 2 is 1.85 bits per heavy atom. The van der Waals surface area contributed by atoms with Crippen LogP contribution < -0.4 is 4.74 Å². The summed E-state index contributed by atoms with van der Waals surface area (Å²) in [5.41, 5.74) is 0.449. The van der Waals surface area contributed by atoms with Gasteiger partial charge in [0.15, 0.2) is 0 Å². The van der Waals surface area contributed by atoms with Crippen molar-refractivity contribution in [1.82, 2.24) is 0 Å². The summed E-state index contributed by atoms with van der Waals surface area (Å²) in [6.45, 7) is 11.0. The maximum atomic E-state index is 9.28. The largest absolute Gasteiger partial charge is 0.494 e. The normalized spacial score (nSPS) is 9.45. The van der Waals surface area contributed by atoms with Crippen LogP contribution in [0.5, 0.6) is 5.75 Å². The van der Waals surface area contributed by atoms with Gasteiger partial charge in [-0.15, -0.1) is 0 Å². The quantitative estimate of drug-likeness (QED) is 0.652. The van der Waals surface area contributed by atoms with Crippen molar-refractivity contribution in [3.8, 4) is 5.75 Å². The number of rotatable bonds is 5. The Hall–Kier alpha value is -0.506. The number of hydrogen-bond acceptors (Lipinski definition) is 3. The number of hydrogen-bond donors (Lipinski definition) is 1.